The summed E-state index contributed by atoms with van der Waals surface area (Å²) in [6.07, 6.45) is 23.6. The van der Waals surface area contributed by atoms with E-state index in [1.807, 2.05) is 0 Å². The molecule has 4 aliphatic rings. The van der Waals surface area contributed by atoms with E-state index in [2.05, 4.69) is 19.7 Å². The van der Waals surface area contributed by atoms with Gasteiger partial charge in [0.15, 0.2) is 0 Å². The Morgan fingerprint density at radius 1 is 0.417 bits per heavy atom. The molecule has 4 fully saturated rings. The molecule has 270 valence electrons. The smallest absolute Gasteiger partial charge is 0.333 e. The SMILES string of the molecule is C=C(C)C(=O)OCC1CCC(CC2CCC(CC3CCC(CC4CCC(COC(=O)C(=C)C)C(COC(=O)C(=C)C)C4)CC3)CC2)CC1. The third-order valence-corrected chi connectivity index (χ3v) is 12.5. The quantitative estimate of drug-likeness (QED) is 0.0983. The minimum absolute atomic E-state index is 0.213. The molecule has 0 aromatic rings. The van der Waals surface area contributed by atoms with Crippen LogP contribution < -0.4 is 0 Å². The summed E-state index contributed by atoms with van der Waals surface area (Å²) in [6.45, 7) is 17.5. The summed E-state index contributed by atoms with van der Waals surface area (Å²) in [5, 5.41) is 0. The Morgan fingerprint density at radius 2 is 0.708 bits per heavy atom. The van der Waals surface area contributed by atoms with Crippen LogP contribution in [-0.2, 0) is 28.6 Å². The molecule has 0 heterocycles. The van der Waals surface area contributed by atoms with Crippen molar-refractivity contribution in [1.29, 1.82) is 0 Å². The number of hydrogen-bond acceptors (Lipinski definition) is 6. The summed E-state index contributed by atoms with van der Waals surface area (Å²) < 4.78 is 16.6. The Bertz CT molecular complexity index is 1100. The molecule has 6 nitrogen and oxygen atoms in total. The van der Waals surface area contributed by atoms with Crippen LogP contribution in [-0.4, -0.2) is 37.7 Å². The lowest BCUT2D eigenvalue weighted by molar-refractivity contribution is -0.146. The highest BCUT2D eigenvalue weighted by Gasteiger charge is 2.35. The standard InChI is InChI=1S/C42H66O6/c1-28(2)40(43)46-25-36-17-15-34(16-18-36)22-32-9-7-31(8-10-32)21-33-11-13-35(14-12-33)23-37-19-20-38(26-47-41(44)29(3)4)39(24-37)27-48-42(45)30(5)6/h31-39H,1,3,5,7-27H2,2,4,6H3. The second kappa shape index (κ2) is 19.1. The minimum atomic E-state index is -0.338. The summed E-state index contributed by atoms with van der Waals surface area (Å²) >= 11 is 0. The van der Waals surface area contributed by atoms with Gasteiger partial charge in [-0.05, 0) is 119 Å². The van der Waals surface area contributed by atoms with Crippen molar-refractivity contribution >= 4 is 17.9 Å². The van der Waals surface area contributed by atoms with Crippen LogP contribution in [0.3, 0.4) is 0 Å². The van der Waals surface area contributed by atoms with Crippen molar-refractivity contribution in [3.8, 4) is 0 Å². The third-order valence-electron chi connectivity index (χ3n) is 12.5. The van der Waals surface area contributed by atoms with Gasteiger partial charge in [-0.15, -0.1) is 0 Å². The predicted octanol–water partition coefficient (Wildman–Crippen LogP) is 9.97. The Kier molecular flexibility index (Phi) is 15.3. The van der Waals surface area contributed by atoms with Gasteiger partial charge < -0.3 is 14.2 Å². The van der Waals surface area contributed by atoms with Crippen LogP contribution in [0.1, 0.15) is 136 Å². The van der Waals surface area contributed by atoms with Gasteiger partial charge >= 0.3 is 17.9 Å². The molecule has 0 amide bonds. The topological polar surface area (TPSA) is 78.9 Å². The fourth-order valence-corrected chi connectivity index (χ4v) is 9.44. The first-order valence-corrected chi connectivity index (χ1v) is 19.4. The fraction of sp³-hybridized carbons (Fsp3) is 0.786. The zero-order valence-corrected chi connectivity index (χ0v) is 30.6. The maximum Gasteiger partial charge on any atom is 0.333 e. The van der Waals surface area contributed by atoms with E-state index in [1.165, 1.54) is 96.3 Å². The monoisotopic (exact) mass is 666 g/mol. The van der Waals surface area contributed by atoms with E-state index in [0.29, 0.717) is 48.4 Å². The zero-order valence-electron chi connectivity index (χ0n) is 30.6. The van der Waals surface area contributed by atoms with E-state index >= 15 is 0 Å². The second-order valence-electron chi connectivity index (χ2n) is 16.7. The Balaban J connectivity index is 1.11. The molecule has 3 atom stereocenters. The van der Waals surface area contributed by atoms with Crippen molar-refractivity contribution in [2.45, 2.75) is 136 Å². The van der Waals surface area contributed by atoms with E-state index in [9.17, 15) is 14.4 Å². The molecular formula is C42H66O6. The molecule has 6 heteroatoms. The minimum Gasteiger partial charge on any atom is -0.462 e. The van der Waals surface area contributed by atoms with Gasteiger partial charge in [0.25, 0.3) is 0 Å². The van der Waals surface area contributed by atoms with Gasteiger partial charge in [-0.1, -0.05) is 90.4 Å². The number of ether oxygens (including phenoxy) is 3. The Hall–Kier alpha value is -2.37. The number of esters is 3. The highest BCUT2D eigenvalue weighted by molar-refractivity contribution is 5.87. The second-order valence-corrected chi connectivity index (χ2v) is 16.7. The number of hydrogen-bond donors (Lipinski definition) is 0. The molecule has 0 radical (unpaired) electrons. The van der Waals surface area contributed by atoms with Crippen molar-refractivity contribution < 1.29 is 28.6 Å². The van der Waals surface area contributed by atoms with Crippen molar-refractivity contribution in [3.05, 3.63) is 36.5 Å². The third kappa shape index (κ3) is 12.5. The lowest BCUT2D eigenvalue weighted by Gasteiger charge is -2.39. The number of carbonyl (C=O) groups excluding carboxylic acids is 3. The largest absolute Gasteiger partial charge is 0.462 e. The van der Waals surface area contributed by atoms with E-state index in [0.717, 1.165) is 48.9 Å². The molecule has 4 aliphatic carbocycles. The molecule has 0 aromatic carbocycles. The van der Waals surface area contributed by atoms with Crippen molar-refractivity contribution in [2.24, 2.45) is 53.3 Å². The van der Waals surface area contributed by atoms with Gasteiger partial charge in [-0.2, -0.15) is 0 Å². The van der Waals surface area contributed by atoms with E-state index in [1.54, 1.807) is 20.8 Å². The van der Waals surface area contributed by atoms with E-state index < -0.39 is 0 Å². The molecule has 3 unspecified atom stereocenters. The highest BCUT2D eigenvalue weighted by Crippen LogP contribution is 2.44. The number of rotatable bonds is 15. The molecule has 0 spiro atoms. The van der Waals surface area contributed by atoms with Crippen LogP contribution in [0.2, 0.25) is 0 Å². The van der Waals surface area contributed by atoms with Gasteiger partial charge in [0.1, 0.15) is 0 Å². The summed E-state index contributed by atoms with van der Waals surface area (Å²) in [6, 6.07) is 0. The first-order chi connectivity index (χ1) is 23.0. The van der Waals surface area contributed by atoms with Crippen LogP contribution in [0.4, 0.5) is 0 Å². The van der Waals surface area contributed by atoms with Gasteiger partial charge in [-0.25, -0.2) is 14.4 Å². The predicted molar refractivity (Wildman–Crippen MR) is 192 cm³/mol. The summed E-state index contributed by atoms with van der Waals surface area (Å²) in [5.74, 6) is 5.13. The lowest BCUT2D eigenvalue weighted by atomic mass is 9.68. The molecule has 0 bridgehead atoms. The summed E-state index contributed by atoms with van der Waals surface area (Å²) in [7, 11) is 0. The number of carbonyl (C=O) groups is 3. The Morgan fingerprint density at radius 3 is 1.08 bits per heavy atom. The van der Waals surface area contributed by atoms with Crippen molar-refractivity contribution in [3.63, 3.8) is 0 Å². The Labute approximate surface area is 291 Å². The molecule has 4 saturated carbocycles. The fourth-order valence-electron chi connectivity index (χ4n) is 9.44. The van der Waals surface area contributed by atoms with E-state index in [4.69, 9.17) is 14.2 Å². The summed E-state index contributed by atoms with van der Waals surface area (Å²) in [5.41, 5.74) is 1.34. The van der Waals surface area contributed by atoms with Crippen LogP contribution >= 0.6 is 0 Å². The first kappa shape index (κ1) is 38.4. The van der Waals surface area contributed by atoms with E-state index in [-0.39, 0.29) is 29.7 Å². The lowest BCUT2D eigenvalue weighted by Crippen LogP contribution is -2.34. The molecule has 48 heavy (non-hydrogen) atoms. The summed E-state index contributed by atoms with van der Waals surface area (Å²) in [4.78, 5) is 35.9. The molecule has 0 N–H and O–H groups in total. The highest BCUT2D eigenvalue weighted by atomic mass is 16.5. The average molecular weight is 667 g/mol. The average Bonchev–Trinajstić information content (AvgIpc) is 3.07. The molecule has 0 saturated heterocycles. The molecule has 0 aromatic heterocycles. The normalized spacial score (nSPS) is 32.4. The maximum atomic E-state index is 12.1. The molecule has 4 rings (SSSR count). The van der Waals surface area contributed by atoms with Crippen molar-refractivity contribution in [2.75, 3.05) is 19.8 Å². The van der Waals surface area contributed by atoms with Gasteiger partial charge in [0.05, 0.1) is 19.8 Å². The molecule has 0 aliphatic heterocycles. The van der Waals surface area contributed by atoms with Gasteiger partial charge in [0, 0.05) is 16.7 Å². The van der Waals surface area contributed by atoms with Crippen LogP contribution in [0, 0.1) is 53.3 Å². The maximum absolute atomic E-state index is 12.1. The van der Waals surface area contributed by atoms with Crippen LogP contribution in [0.5, 0.6) is 0 Å². The molecular weight excluding hydrogens is 600 g/mol. The van der Waals surface area contributed by atoms with Crippen LogP contribution in [0.25, 0.3) is 0 Å². The first-order valence-electron chi connectivity index (χ1n) is 19.4. The van der Waals surface area contributed by atoms with Gasteiger partial charge in [0.2, 0.25) is 0 Å². The zero-order chi connectivity index (χ0) is 34.6. The van der Waals surface area contributed by atoms with Crippen LogP contribution in [0.15, 0.2) is 36.5 Å². The van der Waals surface area contributed by atoms with Gasteiger partial charge in [-0.3, -0.25) is 0 Å². The van der Waals surface area contributed by atoms with Crippen molar-refractivity contribution in [1.82, 2.24) is 0 Å².